The number of nitrogens with zero attached hydrogens (tertiary/aromatic N) is 2. The number of rotatable bonds is 7. The van der Waals surface area contributed by atoms with E-state index >= 15 is 0 Å². The predicted molar refractivity (Wildman–Crippen MR) is 112 cm³/mol. The fourth-order valence-electron chi connectivity index (χ4n) is 1.98. The summed E-state index contributed by atoms with van der Waals surface area (Å²) in [5.74, 6) is -0.571. The van der Waals surface area contributed by atoms with Crippen LogP contribution < -0.4 is 14.9 Å². The van der Waals surface area contributed by atoms with Gasteiger partial charge in [-0.2, -0.15) is 5.10 Å². The lowest BCUT2D eigenvalue weighted by Crippen LogP contribution is -2.24. The number of methoxy groups -OCH3 is 1. The van der Waals surface area contributed by atoms with E-state index in [-0.39, 0.29) is 29.4 Å². The van der Waals surface area contributed by atoms with Gasteiger partial charge < -0.3 is 14.6 Å². The molecule has 0 aliphatic heterocycles. The fraction of sp³-hybridized carbons (Fsp3) is 0.125. The Bertz CT molecular complexity index is 928. The van der Waals surface area contributed by atoms with Gasteiger partial charge in [0.2, 0.25) is 0 Å². The van der Waals surface area contributed by atoms with Gasteiger partial charge in [0, 0.05) is 16.1 Å². The van der Waals surface area contributed by atoms with Gasteiger partial charge in [0.25, 0.3) is 11.6 Å². The second kappa shape index (κ2) is 9.85. The van der Waals surface area contributed by atoms with Crippen LogP contribution in [0, 0.1) is 10.1 Å². The first-order valence-electron chi connectivity index (χ1n) is 7.37. The molecule has 2 aromatic rings. The minimum atomic E-state index is -0.639. The molecule has 9 nitrogen and oxygen atoms in total. The number of hydrogen-bond donors (Lipinski definition) is 2. The molecule has 2 aromatic carbocycles. The van der Waals surface area contributed by atoms with Crippen molar-refractivity contribution in [2.24, 2.45) is 5.10 Å². The van der Waals surface area contributed by atoms with Crippen LogP contribution in [0.2, 0.25) is 0 Å². The molecule has 0 atom stereocenters. The van der Waals surface area contributed by atoms with Gasteiger partial charge in [-0.15, -0.1) is 0 Å². The number of halogens is 3. The number of hydrazone groups is 1. The van der Waals surface area contributed by atoms with Crippen molar-refractivity contribution in [3.63, 3.8) is 0 Å². The molecule has 0 aliphatic rings. The predicted octanol–water partition coefficient (Wildman–Crippen LogP) is 4.13. The molecule has 0 bridgehead atoms. The van der Waals surface area contributed by atoms with E-state index in [4.69, 9.17) is 9.47 Å². The third-order valence-corrected chi connectivity index (χ3v) is 4.86. The van der Waals surface area contributed by atoms with Gasteiger partial charge in [0.15, 0.2) is 18.1 Å². The average molecular weight is 582 g/mol. The third kappa shape index (κ3) is 5.66. The SMILES string of the molecule is COc1cc([N+](=O)[O-])cc(C=NNC(=O)COc2c(Br)cc(Br)cc2Br)c1O. The average Bonchev–Trinajstić information content (AvgIpc) is 2.61. The summed E-state index contributed by atoms with van der Waals surface area (Å²) < 4.78 is 12.4. The second-order valence-electron chi connectivity index (χ2n) is 5.12. The van der Waals surface area contributed by atoms with Crippen molar-refractivity contribution in [1.82, 2.24) is 5.43 Å². The summed E-state index contributed by atoms with van der Waals surface area (Å²) in [5.41, 5.74) is 1.92. The Hall–Kier alpha value is -2.18. The smallest absolute Gasteiger partial charge is 0.277 e. The third-order valence-electron chi connectivity index (χ3n) is 3.22. The lowest BCUT2D eigenvalue weighted by molar-refractivity contribution is -0.385. The molecule has 0 fully saturated rings. The second-order valence-corrected chi connectivity index (χ2v) is 7.75. The van der Waals surface area contributed by atoms with Gasteiger partial charge in [-0.1, -0.05) is 15.9 Å². The first-order valence-corrected chi connectivity index (χ1v) is 9.75. The zero-order valence-electron chi connectivity index (χ0n) is 14.1. The Morgan fingerprint density at radius 1 is 1.29 bits per heavy atom. The maximum atomic E-state index is 11.9. The van der Waals surface area contributed by atoms with Crippen molar-refractivity contribution >= 4 is 65.6 Å². The number of carbonyl (C=O) groups excluding carboxylic acids is 1. The molecule has 2 rings (SSSR count). The van der Waals surface area contributed by atoms with Crippen LogP contribution in [-0.4, -0.2) is 35.9 Å². The summed E-state index contributed by atoms with van der Waals surface area (Å²) in [4.78, 5) is 22.2. The number of phenols is 1. The Morgan fingerprint density at radius 3 is 2.50 bits per heavy atom. The lowest BCUT2D eigenvalue weighted by atomic mass is 10.2. The summed E-state index contributed by atoms with van der Waals surface area (Å²) in [6, 6.07) is 5.69. The van der Waals surface area contributed by atoms with Crippen molar-refractivity contribution in [3.05, 3.63) is 53.4 Å². The normalized spacial score (nSPS) is 10.7. The number of nitro benzene ring substituents is 1. The molecule has 2 N–H and O–H groups in total. The minimum Gasteiger partial charge on any atom is -0.504 e. The lowest BCUT2D eigenvalue weighted by Gasteiger charge is -2.10. The summed E-state index contributed by atoms with van der Waals surface area (Å²) >= 11 is 9.99. The van der Waals surface area contributed by atoms with Crippen molar-refractivity contribution < 1.29 is 24.3 Å². The number of aromatic hydroxyl groups is 1. The largest absolute Gasteiger partial charge is 0.504 e. The first-order chi connectivity index (χ1) is 13.2. The number of phenolic OH excluding ortho intramolecular Hbond substituents is 1. The molecule has 12 heteroatoms. The molecule has 0 heterocycles. The summed E-state index contributed by atoms with van der Waals surface area (Å²) in [6.45, 7) is -0.333. The highest BCUT2D eigenvalue weighted by Crippen LogP contribution is 2.36. The topological polar surface area (TPSA) is 123 Å². The number of hydrogen-bond acceptors (Lipinski definition) is 7. The van der Waals surface area contributed by atoms with E-state index in [1.807, 2.05) is 0 Å². The standard InChI is InChI=1S/C16H12Br3N3O6/c1-27-13-5-10(22(25)26)2-8(15(13)24)6-20-21-14(23)7-28-16-11(18)3-9(17)4-12(16)19/h2-6,24H,7H2,1H3,(H,21,23). The van der Waals surface area contributed by atoms with Crippen LogP contribution in [0.5, 0.6) is 17.2 Å². The number of benzene rings is 2. The van der Waals surface area contributed by atoms with Crippen molar-refractivity contribution in [1.29, 1.82) is 0 Å². The Morgan fingerprint density at radius 2 is 1.93 bits per heavy atom. The molecule has 148 valence electrons. The van der Waals surface area contributed by atoms with Crippen LogP contribution in [0.1, 0.15) is 5.56 Å². The van der Waals surface area contributed by atoms with E-state index in [9.17, 15) is 20.0 Å². The van der Waals surface area contributed by atoms with Crippen LogP contribution in [-0.2, 0) is 4.79 Å². The van der Waals surface area contributed by atoms with Crippen LogP contribution >= 0.6 is 47.8 Å². The highest BCUT2D eigenvalue weighted by atomic mass is 79.9. The van der Waals surface area contributed by atoms with Crippen LogP contribution in [0.15, 0.2) is 42.8 Å². The summed E-state index contributed by atoms with van der Waals surface area (Å²) in [6.07, 6.45) is 1.06. The van der Waals surface area contributed by atoms with Crippen molar-refractivity contribution in [2.75, 3.05) is 13.7 Å². The quantitative estimate of drug-likeness (QED) is 0.288. The van der Waals surface area contributed by atoms with Gasteiger partial charge in [-0.3, -0.25) is 14.9 Å². The highest BCUT2D eigenvalue weighted by molar-refractivity contribution is 9.11. The molecule has 0 radical (unpaired) electrons. The minimum absolute atomic E-state index is 0.00525. The Kier molecular flexibility index (Phi) is 7.78. The molecule has 0 saturated heterocycles. The van der Waals surface area contributed by atoms with E-state index in [1.54, 1.807) is 12.1 Å². The van der Waals surface area contributed by atoms with E-state index in [0.29, 0.717) is 14.7 Å². The maximum Gasteiger partial charge on any atom is 0.277 e. The monoisotopic (exact) mass is 579 g/mol. The van der Waals surface area contributed by atoms with Gasteiger partial charge in [-0.25, -0.2) is 5.43 Å². The number of nitro groups is 1. The number of carbonyl (C=O) groups is 1. The van der Waals surface area contributed by atoms with Crippen LogP contribution in [0.3, 0.4) is 0 Å². The molecule has 28 heavy (non-hydrogen) atoms. The molecule has 0 unspecified atom stereocenters. The van der Waals surface area contributed by atoms with E-state index < -0.39 is 10.8 Å². The molecule has 0 aromatic heterocycles. The maximum absolute atomic E-state index is 11.9. The van der Waals surface area contributed by atoms with E-state index in [1.165, 1.54) is 7.11 Å². The number of amides is 1. The molecule has 0 aliphatic carbocycles. The molecular formula is C16H12Br3N3O6. The van der Waals surface area contributed by atoms with Gasteiger partial charge in [0.05, 0.1) is 33.3 Å². The molecule has 1 amide bonds. The van der Waals surface area contributed by atoms with Gasteiger partial charge in [0.1, 0.15) is 5.75 Å². The Labute approximate surface area is 184 Å². The molecular weight excluding hydrogens is 570 g/mol. The van der Waals surface area contributed by atoms with Crippen molar-refractivity contribution in [2.45, 2.75) is 0 Å². The number of non-ortho nitro benzene ring substituents is 1. The highest BCUT2D eigenvalue weighted by Gasteiger charge is 2.16. The van der Waals surface area contributed by atoms with E-state index in [0.717, 1.165) is 22.8 Å². The van der Waals surface area contributed by atoms with Crippen LogP contribution in [0.25, 0.3) is 0 Å². The molecule has 0 spiro atoms. The fourth-order valence-corrected chi connectivity index (χ4v) is 4.47. The van der Waals surface area contributed by atoms with Crippen LogP contribution in [0.4, 0.5) is 5.69 Å². The molecule has 0 saturated carbocycles. The number of ether oxygens (including phenoxy) is 2. The van der Waals surface area contributed by atoms with Gasteiger partial charge in [-0.05, 0) is 44.0 Å². The summed E-state index contributed by atoms with van der Waals surface area (Å²) in [5, 5.41) is 24.6. The summed E-state index contributed by atoms with van der Waals surface area (Å²) in [7, 11) is 1.26. The Balaban J connectivity index is 2.04. The zero-order chi connectivity index (χ0) is 20.8. The zero-order valence-corrected chi connectivity index (χ0v) is 18.9. The first kappa shape index (κ1) is 22.1. The van der Waals surface area contributed by atoms with Crippen molar-refractivity contribution in [3.8, 4) is 17.2 Å². The van der Waals surface area contributed by atoms with E-state index in [2.05, 4.69) is 58.3 Å². The number of nitrogens with one attached hydrogen (secondary N) is 1. The van der Waals surface area contributed by atoms with Gasteiger partial charge >= 0.3 is 0 Å².